The Morgan fingerprint density at radius 1 is 1.24 bits per heavy atom. The molecule has 0 aliphatic carbocycles. The van der Waals surface area contributed by atoms with E-state index in [-0.39, 0.29) is 0 Å². The largest absolute Gasteiger partial charge is 0.340 e. The minimum absolute atomic E-state index is 0.372. The molecule has 116 valence electrons. The smallest absolute Gasteiger partial charge is 0.222 e. The monoisotopic (exact) mass is 307 g/mol. The summed E-state index contributed by atoms with van der Waals surface area (Å²) >= 11 is 1.76. The summed E-state index contributed by atoms with van der Waals surface area (Å²) in [4.78, 5) is 16.9. The van der Waals surface area contributed by atoms with Crippen molar-refractivity contribution in [2.24, 2.45) is 5.92 Å². The van der Waals surface area contributed by atoms with Crippen molar-refractivity contribution in [3.8, 4) is 0 Å². The van der Waals surface area contributed by atoms with Crippen LogP contribution < -0.4 is 5.32 Å². The van der Waals surface area contributed by atoms with Crippen molar-refractivity contribution in [1.82, 2.24) is 15.1 Å². The third kappa shape index (κ3) is 4.28. The summed E-state index contributed by atoms with van der Waals surface area (Å²) < 4.78 is 0. The summed E-state index contributed by atoms with van der Waals surface area (Å²) in [5, 5.41) is 7.71. The molecule has 2 saturated heterocycles. The van der Waals surface area contributed by atoms with Gasteiger partial charge in [-0.2, -0.15) is 11.3 Å². The highest BCUT2D eigenvalue weighted by atomic mass is 32.1. The summed E-state index contributed by atoms with van der Waals surface area (Å²) in [6.07, 6.45) is 3.07. The van der Waals surface area contributed by atoms with Gasteiger partial charge in [-0.05, 0) is 54.2 Å². The standard InChI is InChI=1S/C16H25N3OS/c20-16(11-14-1-4-17-5-2-14)19-8-6-18(7-9-19)12-15-3-10-21-13-15/h3,10,13-14,17H,1-2,4-9,11-12H2. The van der Waals surface area contributed by atoms with E-state index < -0.39 is 0 Å². The number of carbonyl (C=O) groups excluding carboxylic acids is 1. The van der Waals surface area contributed by atoms with Crippen molar-refractivity contribution in [3.05, 3.63) is 22.4 Å². The molecule has 2 aliphatic rings. The first kappa shape index (κ1) is 15.0. The lowest BCUT2D eigenvalue weighted by molar-refractivity contribution is -0.134. The molecule has 3 heterocycles. The van der Waals surface area contributed by atoms with Crippen LogP contribution in [0, 0.1) is 5.92 Å². The number of nitrogens with zero attached hydrogens (tertiary/aromatic N) is 2. The summed E-state index contributed by atoms with van der Waals surface area (Å²) in [5.74, 6) is 0.972. The van der Waals surface area contributed by atoms with E-state index in [0.717, 1.165) is 65.1 Å². The number of hydrogen-bond donors (Lipinski definition) is 1. The Morgan fingerprint density at radius 2 is 2.00 bits per heavy atom. The average Bonchev–Trinajstić information content (AvgIpc) is 3.02. The Bertz CT molecular complexity index is 434. The van der Waals surface area contributed by atoms with Gasteiger partial charge >= 0.3 is 0 Å². The lowest BCUT2D eigenvalue weighted by Crippen LogP contribution is -2.48. The highest BCUT2D eigenvalue weighted by molar-refractivity contribution is 7.07. The molecule has 0 aromatic carbocycles. The molecule has 21 heavy (non-hydrogen) atoms. The van der Waals surface area contributed by atoms with Gasteiger partial charge in [0, 0.05) is 39.1 Å². The van der Waals surface area contributed by atoms with E-state index in [1.165, 1.54) is 5.56 Å². The van der Waals surface area contributed by atoms with Gasteiger partial charge in [-0.3, -0.25) is 9.69 Å². The molecule has 1 N–H and O–H groups in total. The van der Waals surface area contributed by atoms with Gasteiger partial charge in [0.15, 0.2) is 0 Å². The van der Waals surface area contributed by atoms with Gasteiger partial charge < -0.3 is 10.2 Å². The van der Waals surface area contributed by atoms with E-state index in [9.17, 15) is 4.79 Å². The van der Waals surface area contributed by atoms with Gasteiger partial charge in [0.1, 0.15) is 0 Å². The second-order valence-electron chi connectivity index (χ2n) is 6.19. The summed E-state index contributed by atoms with van der Waals surface area (Å²) in [7, 11) is 0. The molecule has 3 rings (SSSR count). The number of piperidine rings is 1. The molecule has 1 aromatic rings. The molecule has 1 aromatic heterocycles. The first-order chi connectivity index (χ1) is 10.3. The van der Waals surface area contributed by atoms with Gasteiger partial charge in [-0.15, -0.1) is 0 Å². The van der Waals surface area contributed by atoms with Crippen LogP contribution >= 0.6 is 11.3 Å². The van der Waals surface area contributed by atoms with Crippen molar-refractivity contribution in [3.63, 3.8) is 0 Å². The topological polar surface area (TPSA) is 35.6 Å². The van der Waals surface area contributed by atoms with Crippen LogP contribution in [0.5, 0.6) is 0 Å². The fourth-order valence-corrected chi connectivity index (χ4v) is 3.92. The van der Waals surface area contributed by atoms with Gasteiger partial charge in [0.05, 0.1) is 0 Å². The number of thiophene rings is 1. The van der Waals surface area contributed by atoms with Crippen LogP contribution in [0.3, 0.4) is 0 Å². The number of hydrogen-bond acceptors (Lipinski definition) is 4. The predicted molar refractivity (Wildman–Crippen MR) is 86.4 cm³/mol. The number of rotatable bonds is 4. The normalized spacial score (nSPS) is 21.6. The maximum atomic E-state index is 12.4. The lowest BCUT2D eigenvalue weighted by atomic mass is 9.94. The Morgan fingerprint density at radius 3 is 2.67 bits per heavy atom. The Hall–Kier alpha value is -0.910. The van der Waals surface area contributed by atoms with E-state index in [0.29, 0.717) is 11.8 Å². The molecule has 0 bridgehead atoms. The molecule has 0 spiro atoms. The fourth-order valence-electron chi connectivity index (χ4n) is 3.26. The zero-order valence-corrected chi connectivity index (χ0v) is 13.4. The SMILES string of the molecule is O=C(CC1CCNCC1)N1CCN(Cc2ccsc2)CC1. The molecule has 5 heteroatoms. The highest BCUT2D eigenvalue weighted by Crippen LogP contribution is 2.18. The second kappa shape index (κ2) is 7.38. The maximum Gasteiger partial charge on any atom is 0.222 e. The van der Waals surface area contributed by atoms with E-state index >= 15 is 0 Å². The number of nitrogens with one attached hydrogen (secondary N) is 1. The van der Waals surface area contributed by atoms with Crippen LogP contribution in [0.4, 0.5) is 0 Å². The molecule has 0 radical (unpaired) electrons. The highest BCUT2D eigenvalue weighted by Gasteiger charge is 2.24. The Labute approximate surface area is 131 Å². The number of piperazine rings is 1. The summed E-state index contributed by atoms with van der Waals surface area (Å²) in [6, 6.07) is 2.19. The molecule has 0 atom stereocenters. The molecule has 0 saturated carbocycles. The molecule has 1 amide bonds. The quantitative estimate of drug-likeness (QED) is 0.921. The van der Waals surface area contributed by atoms with Gasteiger partial charge in [-0.25, -0.2) is 0 Å². The number of amides is 1. The summed E-state index contributed by atoms with van der Waals surface area (Å²) in [6.45, 7) is 6.99. The predicted octanol–water partition coefficient (Wildman–Crippen LogP) is 1.78. The first-order valence-corrected chi connectivity index (χ1v) is 8.97. The average molecular weight is 307 g/mol. The van der Waals surface area contributed by atoms with Gasteiger partial charge in [0.25, 0.3) is 0 Å². The minimum Gasteiger partial charge on any atom is -0.340 e. The molecule has 0 unspecified atom stereocenters. The fraction of sp³-hybridized carbons (Fsp3) is 0.688. The Balaban J connectivity index is 1.41. The number of carbonyl (C=O) groups is 1. The molecule has 2 fully saturated rings. The lowest BCUT2D eigenvalue weighted by Gasteiger charge is -2.35. The second-order valence-corrected chi connectivity index (χ2v) is 6.97. The first-order valence-electron chi connectivity index (χ1n) is 8.03. The van der Waals surface area contributed by atoms with E-state index in [1.54, 1.807) is 11.3 Å². The zero-order chi connectivity index (χ0) is 14.5. The summed E-state index contributed by atoms with van der Waals surface area (Å²) in [5.41, 5.74) is 1.40. The molecule has 2 aliphatic heterocycles. The van der Waals surface area contributed by atoms with Crippen molar-refractivity contribution in [1.29, 1.82) is 0 Å². The van der Waals surface area contributed by atoms with Gasteiger partial charge in [-0.1, -0.05) is 0 Å². The van der Waals surface area contributed by atoms with E-state index in [1.807, 2.05) is 0 Å². The third-order valence-electron chi connectivity index (χ3n) is 4.63. The Kier molecular flexibility index (Phi) is 5.27. The van der Waals surface area contributed by atoms with Crippen LogP contribution in [0.15, 0.2) is 16.8 Å². The van der Waals surface area contributed by atoms with Crippen LogP contribution in [-0.4, -0.2) is 55.0 Å². The molecular weight excluding hydrogens is 282 g/mol. The van der Waals surface area contributed by atoms with Crippen LogP contribution in [-0.2, 0) is 11.3 Å². The van der Waals surface area contributed by atoms with E-state index in [4.69, 9.17) is 0 Å². The maximum absolute atomic E-state index is 12.4. The van der Waals surface area contributed by atoms with Crippen molar-refractivity contribution >= 4 is 17.2 Å². The van der Waals surface area contributed by atoms with Crippen molar-refractivity contribution < 1.29 is 4.79 Å². The zero-order valence-electron chi connectivity index (χ0n) is 12.6. The van der Waals surface area contributed by atoms with E-state index in [2.05, 4.69) is 31.9 Å². The van der Waals surface area contributed by atoms with Gasteiger partial charge in [0.2, 0.25) is 5.91 Å². The molecular formula is C16H25N3OS. The molecule has 4 nitrogen and oxygen atoms in total. The minimum atomic E-state index is 0.372. The van der Waals surface area contributed by atoms with Crippen molar-refractivity contribution in [2.45, 2.75) is 25.8 Å². The van der Waals surface area contributed by atoms with Crippen molar-refractivity contribution in [2.75, 3.05) is 39.3 Å². The van der Waals surface area contributed by atoms with Crippen LogP contribution in [0.1, 0.15) is 24.8 Å². The third-order valence-corrected chi connectivity index (χ3v) is 5.37. The van der Waals surface area contributed by atoms with Crippen LogP contribution in [0.2, 0.25) is 0 Å². The van der Waals surface area contributed by atoms with Crippen LogP contribution in [0.25, 0.3) is 0 Å².